The Morgan fingerprint density at radius 1 is 1.50 bits per heavy atom. The summed E-state index contributed by atoms with van der Waals surface area (Å²) in [6.07, 6.45) is 1.23. The Morgan fingerprint density at radius 3 is 2.77 bits per heavy atom. The number of thiazole rings is 1. The van der Waals surface area contributed by atoms with Crippen LogP contribution in [0.1, 0.15) is 37.9 Å². The van der Waals surface area contributed by atoms with Crippen molar-refractivity contribution in [3.8, 4) is 0 Å². The van der Waals surface area contributed by atoms with Crippen LogP contribution in [0.3, 0.4) is 0 Å². The first-order chi connectivity index (χ1) is 10.3. The number of amides is 2. The molecule has 2 heterocycles. The molecule has 1 aromatic rings. The van der Waals surface area contributed by atoms with Gasteiger partial charge < -0.3 is 15.3 Å². The van der Waals surface area contributed by atoms with Gasteiger partial charge in [-0.2, -0.15) is 0 Å². The van der Waals surface area contributed by atoms with E-state index in [1.54, 1.807) is 16.2 Å². The van der Waals surface area contributed by atoms with Gasteiger partial charge in [0.05, 0.1) is 16.6 Å². The molecule has 2 N–H and O–H groups in total. The zero-order chi connectivity index (χ0) is 16.3. The molecule has 1 atom stereocenters. The van der Waals surface area contributed by atoms with Crippen LogP contribution in [-0.4, -0.2) is 46.6 Å². The maximum atomic E-state index is 12.0. The molecule has 1 saturated heterocycles. The monoisotopic (exact) mass is 325 g/mol. The Labute approximate surface area is 134 Å². The second kappa shape index (κ2) is 6.64. The summed E-state index contributed by atoms with van der Waals surface area (Å²) in [5.74, 6) is -1.26. The van der Waals surface area contributed by atoms with Crippen molar-refractivity contribution in [2.24, 2.45) is 5.92 Å². The molecule has 0 aliphatic carbocycles. The van der Waals surface area contributed by atoms with E-state index >= 15 is 0 Å². The highest BCUT2D eigenvalue weighted by Gasteiger charge is 2.30. The Kier molecular flexibility index (Phi) is 5.05. The Bertz CT molecular complexity index is 550. The lowest BCUT2D eigenvalue weighted by atomic mass is 9.93. The molecule has 0 radical (unpaired) electrons. The normalized spacial score (nSPS) is 18.5. The molecule has 122 valence electrons. The molecule has 0 saturated carbocycles. The smallest absolute Gasteiger partial charge is 0.317 e. The third kappa shape index (κ3) is 4.19. The van der Waals surface area contributed by atoms with Crippen LogP contribution in [0.15, 0.2) is 5.38 Å². The van der Waals surface area contributed by atoms with E-state index in [9.17, 15) is 9.59 Å². The number of nitrogens with one attached hydrogen (secondary N) is 1. The van der Waals surface area contributed by atoms with Gasteiger partial charge in [-0.05, 0) is 6.42 Å². The van der Waals surface area contributed by atoms with Gasteiger partial charge >= 0.3 is 12.0 Å². The molecule has 6 nitrogen and oxygen atoms in total. The summed E-state index contributed by atoms with van der Waals surface area (Å²) >= 11 is 1.61. The number of carboxylic acids is 1. The summed E-state index contributed by atoms with van der Waals surface area (Å²) in [4.78, 5) is 29.0. The molecule has 7 heteroatoms. The molecule has 1 unspecified atom stereocenters. The average Bonchev–Trinajstić information content (AvgIpc) is 3.07. The van der Waals surface area contributed by atoms with Crippen LogP contribution in [-0.2, 0) is 16.6 Å². The minimum atomic E-state index is -0.826. The van der Waals surface area contributed by atoms with Crippen LogP contribution in [0.5, 0.6) is 0 Å². The lowest BCUT2D eigenvalue weighted by Gasteiger charge is -2.16. The van der Waals surface area contributed by atoms with Gasteiger partial charge in [-0.3, -0.25) is 4.79 Å². The van der Waals surface area contributed by atoms with Gasteiger partial charge in [0, 0.05) is 36.9 Å². The number of carbonyl (C=O) groups is 2. The highest BCUT2D eigenvalue weighted by Crippen LogP contribution is 2.24. The summed E-state index contributed by atoms with van der Waals surface area (Å²) in [7, 11) is 0. The predicted octanol–water partition coefficient (Wildman–Crippen LogP) is 2.10. The molecular weight excluding hydrogens is 302 g/mol. The number of rotatable bonds is 4. The van der Waals surface area contributed by atoms with Gasteiger partial charge in [0.1, 0.15) is 0 Å². The number of likely N-dealkylation sites (tertiary alicyclic amines) is 1. The van der Waals surface area contributed by atoms with E-state index in [2.05, 4.69) is 36.5 Å². The second-order valence-electron chi connectivity index (χ2n) is 6.63. The van der Waals surface area contributed by atoms with E-state index in [0.29, 0.717) is 32.5 Å². The molecule has 1 fully saturated rings. The largest absolute Gasteiger partial charge is 0.481 e. The van der Waals surface area contributed by atoms with Crippen LogP contribution >= 0.6 is 11.3 Å². The highest BCUT2D eigenvalue weighted by atomic mass is 32.1. The number of aromatic nitrogens is 1. The van der Waals surface area contributed by atoms with Crippen LogP contribution in [0, 0.1) is 5.92 Å². The number of hydrogen-bond acceptors (Lipinski definition) is 4. The van der Waals surface area contributed by atoms with Gasteiger partial charge in [0.15, 0.2) is 0 Å². The molecule has 2 amide bonds. The fraction of sp³-hybridized carbons (Fsp3) is 0.667. The van der Waals surface area contributed by atoms with Crippen LogP contribution in [0.2, 0.25) is 0 Å². The van der Waals surface area contributed by atoms with Crippen molar-refractivity contribution in [1.29, 1.82) is 0 Å². The first kappa shape index (κ1) is 16.7. The molecule has 0 aromatic carbocycles. The quantitative estimate of drug-likeness (QED) is 0.888. The third-order valence-electron chi connectivity index (χ3n) is 3.76. The van der Waals surface area contributed by atoms with Crippen molar-refractivity contribution in [2.45, 2.75) is 39.0 Å². The third-order valence-corrected chi connectivity index (χ3v) is 4.67. The lowest BCUT2D eigenvalue weighted by Crippen LogP contribution is -2.39. The van der Waals surface area contributed by atoms with E-state index in [1.807, 2.05) is 0 Å². The summed E-state index contributed by atoms with van der Waals surface area (Å²) in [5.41, 5.74) is 1.11. The zero-order valence-electron chi connectivity index (χ0n) is 13.3. The molecule has 1 aliphatic rings. The maximum Gasteiger partial charge on any atom is 0.317 e. The zero-order valence-corrected chi connectivity index (χ0v) is 14.1. The first-order valence-corrected chi connectivity index (χ1v) is 8.36. The highest BCUT2D eigenvalue weighted by molar-refractivity contribution is 7.09. The van der Waals surface area contributed by atoms with Crippen molar-refractivity contribution in [2.75, 3.05) is 19.6 Å². The van der Waals surface area contributed by atoms with E-state index in [0.717, 1.165) is 10.7 Å². The van der Waals surface area contributed by atoms with Crippen LogP contribution in [0.4, 0.5) is 4.79 Å². The van der Waals surface area contributed by atoms with E-state index in [1.165, 1.54) is 0 Å². The molecule has 1 aliphatic heterocycles. The number of aliphatic carboxylic acids is 1. The van der Waals surface area contributed by atoms with Crippen molar-refractivity contribution in [1.82, 2.24) is 15.2 Å². The van der Waals surface area contributed by atoms with Crippen molar-refractivity contribution in [3.63, 3.8) is 0 Å². The fourth-order valence-corrected chi connectivity index (χ4v) is 3.33. The van der Waals surface area contributed by atoms with Gasteiger partial charge in [0.2, 0.25) is 0 Å². The van der Waals surface area contributed by atoms with Crippen molar-refractivity contribution < 1.29 is 14.7 Å². The number of carbonyl (C=O) groups excluding carboxylic acids is 1. The van der Waals surface area contributed by atoms with Crippen molar-refractivity contribution in [3.05, 3.63) is 16.1 Å². The van der Waals surface area contributed by atoms with Crippen LogP contribution in [0.25, 0.3) is 0 Å². The van der Waals surface area contributed by atoms with Crippen molar-refractivity contribution >= 4 is 23.3 Å². The molecule has 2 rings (SSSR count). The molecule has 22 heavy (non-hydrogen) atoms. The molecular formula is C15H23N3O3S. The fourth-order valence-electron chi connectivity index (χ4n) is 2.30. The summed E-state index contributed by atoms with van der Waals surface area (Å²) in [6, 6.07) is -0.184. The average molecular weight is 325 g/mol. The number of nitrogens with zero attached hydrogens (tertiary/aromatic N) is 2. The molecule has 0 bridgehead atoms. The van der Waals surface area contributed by atoms with Gasteiger partial charge in [-0.1, -0.05) is 20.8 Å². The molecule has 0 spiro atoms. The molecule has 1 aromatic heterocycles. The minimum absolute atomic E-state index is 0.0411. The first-order valence-electron chi connectivity index (χ1n) is 7.48. The Morgan fingerprint density at radius 2 is 2.23 bits per heavy atom. The number of hydrogen-bond donors (Lipinski definition) is 2. The summed E-state index contributed by atoms with van der Waals surface area (Å²) < 4.78 is 0. The van der Waals surface area contributed by atoms with E-state index in [-0.39, 0.29) is 11.4 Å². The van der Waals surface area contributed by atoms with Gasteiger partial charge in [-0.25, -0.2) is 9.78 Å². The Balaban J connectivity index is 1.76. The van der Waals surface area contributed by atoms with Gasteiger partial charge in [0.25, 0.3) is 0 Å². The van der Waals surface area contributed by atoms with Gasteiger partial charge in [-0.15, -0.1) is 11.3 Å². The second-order valence-corrected chi connectivity index (χ2v) is 7.57. The Hall–Kier alpha value is -1.63. The standard InChI is InChI=1S/C15H23N3O3S/c1-15(2,3)11-9-22-12(17-11)4-6-16-14(21)18-7-5-10(8-18)13(19)20/h9-10H,4-8H2,1-3H3,(H,16,21)(H,19,20). The number of carboxylic acid groups (broad SMARTS) is 1. The minimum Gasteiger partial charge on any atom is -0.481 e. The topological polar surface area (TPSA) is 82.5 Å². The predicted molar refractivity (Wildman–Crippen MR) is 85.2 cm³/mol. The van der Waals surface area contributed by atoms with Crippen LogP contribution < -0.4 is 5.32 Å². The summed E-state index contributed by atoms with van der Waals surface area (Å²) in [6.45, 7) is 7.70. The number of urea groups is 1. The summed E-state index contributed by atoms with van der Waals surface area (Å²) in [5, 5.41) is 14.9. The maximum absolute atomic E-state index is 12.0. The van der Waals surface area contributed by atoms with E-state index in [4.69, 9.17) is 5.11 Å². The lowest BCUT2D eigenvalue weighted by molar-refractivity contribution is -0.141. The SMILES string of the molecule is CC(C)(C)c1csc(CCNC(=O)N2CCC(C(=O)O)C2)n1. The van der Waals surface area contributed by atoms with E-state index < -0.39 is 11.9 Å².